The van der Waals surface area contributed by atoms with Crippen molar-refractivity contribution in [1.29, 1.82) is 0 Å². The fraction of sp³-hybridized carbons (Fsp3) is 0.182. The highest BCUT2D eigenvalue weighted by molar-refractivity contribution is 7.97. The monoisotopic (exact) mass is 376 g/mol. The van der Waals surface area contributed by atoms with Crippen molar-refractivity contribution in [2.75, 3.05) is 0 Å². The maximum Gasteiger partial charge on any atom is 0.0929 e. The zero-order chi connectivity index (χ0) is 19.1. The summed E-state index contributed by atoms with van der Waals surface area (Å²) >= 11 is 1.64. The molecule has 0 saturated heterocycles. The van der Waals surface area contributed by atoms with Crippen molar-refractivity contribution >= 4 is 22.9 Å². The zero-order valence-electron chi connectivity index (χ0n) is 15.9. The van der Waals surface area contributed by atoms with Gasteiger partial charge in [-0.2, -0.15) is 5.10 Å². The minimum atomic E-state index is 0.810. The largest absolute Gasteiger partial charge is 0.282 e. The van der Waals surface area contributed by atoms with Crippen LogP contribution in [0.4, 0.5) is 0 Å². The van der Waals surface area contributed by atoms with Crippen molar-refractivity contribution in [3.63, 3.8) is 0 Å². The Kier molecular flexibility index (Phi) is 6.63. The van der Waals surface area contributed by atoms with Gasteiger partial charge in [0.05, 0.1) is 5.52 Å². The van der Waals surface area contributed by atoms with E-state index in [4.69, 9.17) is 0 Å². The lowest BCUT2D eigenvalue weighted by Crippen LogP contribution is -2.02. The number of aromatic nitrogens is 3. The summed E-state index contributed by atoms with van der Waals surface area (Å²) in [7, 11) is 0. The molecule has 0 spiro atoms. The summed E-state index contributed by atoms with van der Waals surface area (Å²) in [5.41, 5.74) is 5.71. The second-order valence-electron chi connectivity index (χ2n) is 5.88. The fourth-order valence-electron chi connectivity index (χ4n) is 2.74. The quantitative estimate of drug-likeness (QED) is 0.435. The van der Waals surface area contributed by atoms with Crippen LogP contribution in [0, 0.1) is 6.92 Å². The van der Waals surface area contributed by atoms with Gasteiger partial charge < -0.3 is 0 Å². The number of nitrogens with one attached hydrogen (secondary N) is 2. The summed E-state index contributed by atoms with van der Waals surface area (Å²) in [4.78, 5) is 5.22. The lowest BCUT2D eigenvalue weighted by Gasteiger charge is -2.06. The van der Waals surface area contributed by atoms with Gasteiger partial charge in [-0.15, -0.1) is 0 Å². The number of fused-ring (bicyclic) bond motifs is 1. The predicted octanol–water partition coefficient (Wildman–Crippen LogP) is 5.76. The second-order valence-corrected chi connectivity index (χ2v) is 6.85. The first-order chi connectivity index (χ1) is 13.3. The third kappa shape index (κ3) is 4.76. The van der Waals surface area contributed by atoms with Crippen molar-refractivity contribution in [2.45, 2.75) is 32.2 Å². The first-order valence-electron chi connectivity index (χ1n) is 9.13. The van der Waals surface area contributed by atoms with Gasteiger partial charge in [0.2, 0.25) is 0 Å². The molecule has 0 aliphatic carbocycles. The van der Waals surface area contributed by atoms with Gasteiger partial charge in [0.25, 0.3) is 0 Å². The standard InChI is InChI=1S/C20H18N4S.C2H6/c1-14-19-7-4-17(12-20(19)24-23-14)16-2-5-18(6-3-16)25-22-13-15-8-10-21-11-9-15;1-2/h2-12,22H,13H2,1H3,(H,23,24);1-2H3. The number of aromatic amines is 1. The van der Waals surface area contributed by atoms with Gasteiger partial charge in [0, 0.05) is 34.9 Å². The van der Waals surface area contributed by atoms with E-state index < -0.39 is 0 Å². The maximum atomic E-state index is 4.35. The van der Waals surface area contributed by atoms with Crippen LogP contribution in [0.15, 0.2) is 71.9 Å². The molecule has 0 aliphatic heterocycles. The van der Waals surface area contributed by atoms with E-state index >= 15 is 0 Å². The highest BCUT2D eigenvalue weighted by Crippen LogP contribution is 2.26. The van der Waals surface area contributed by atoms with Crippen molar-refractivity contribution in [3.05, 3.63) is 78.2 Å². The Hall–Kier alpha value is -2.63. The minimum Gasteiger partial charge on any atom is -0.282 e. The van der Waals surface area contributed by atoms with Gasteiger partial charge in [-0.3, -0.25) is 14.8 Å². The van der Waals surface area contributed by atoms with E-state index in [0.717, 1.165) is 17.8 Å². The number of benzene rings is 2. The number of nitrogens with zero attached hydrogens (tertiary/aromatic N) is 2. The molecule has 2 heterocycles. The molecule has 27 heavy (non-hydrogen) atoms. The van der Waals surface area contributed by atoms with Crippen LogP contribution < -0.4 is 4.72 Å². The third-order valence-corrected chi connectivity index (χ3v) is 4.95. The molecule has 4 aromatic rings. The first-order valence-corrected chi connectivity index (χ1v) is 9.95. The molecular weight excluding hydrogens is 352 g/mol. The zero-order valence-corrected chi connectivity index (χ0v) is 16.7. The average molecular weight is 377 g/mol. The van der Waals surface area contributed by atoms with Crippen molar-refractivity contribution in [3.8, 4) is 11.1 Å². The molecule has 2 aromatic carbocycles. The summed E-state index contributed by atoms with van der Waals surface area (Å²) in [6.07, 6.45) is 3.63. The molecule has 2 N–H and O–H groups in total. The van der Waals surface area contributed by atoms with Crippen LogP contribution in [0.25, 0.3) is 22.0 Å². The number of hydrogen-bond donors (Lipinski definition) is 2. The summed E-state index contributed by atoms with van der Waals surface area (Å²) in [5, 5.41) is 8.56. The number of hydrogen-bond acceptors (Lipinski definition) is 4. The smallest absolute Gasteiger partial charge is 0.0929 e. The van der Waals surface area contributed by atoms with E-state index in [9.17, 15) is 0 Å². The summed E-state index contributed by atoms with van der Waals surface area (Å²) in [6, 6.07) is 19.0. The fourth-order valence-corrected chi connectivity index (χ4v) is 3.42. The number of rotatable bonds is 5. The van der Waals surface area contributed by atoms with Gasteiger partial charge in [-0.25, -0.2) is 0 Å². The molecule has 0 atom stereocenters. The minimum absolute atomic E-state index is 0.810. The topological polar surface area (TPSA) is 53.6 Å². The normalized spacial score (nSPS) is 10.5. The molecule has 4 nitrogen and oxygen atoms in total. The van der Waals surface area contributed by atoms with E-state index in [-0.39, 0.29) is 0 Å². The van der Waals surface area contributed by atoms with E-state index in [1.54, 1.807) is 11.9 Å². The number of aryl methyl sites for hydroxylation is 1. The molecule has 0 saturated carbocycles. The van der Waals surface area contributed by atoms with Crippen molar-refractivity contribution in [2.24, 2.45) is 0 Å². The molecule has 0 radical (unpaired) electrons. The first kappa shape index (κ1) is 19.1. The number of pyridine rings is 1. The molecule has 0 aliphatic rings. The lowest BCUT2D eigenvalue weighted by molar-refractivity contribution is 0.969. The van der Waals surface area contributed by atoms with E-state index in [0.29, 0.717) is 0 Å². The molecule has 5 heteroatoms. The third-order valence-electron chi connectivity index (χ3n) is 4.15. The van der Waals surface area contributed by atoms with E-state index in [2.05, 4.69) is 62.4 Å². The average Bonchev–Trinajstić information content (AvgIpc) is 3.11. The van der Waals surface area contributed by atoms with Crippen LogP contribution in [0.2, 0.25) is 0 Å². The Labute approximate surface area is 164 Å². The maximum absolute atomic E-state index is 4.35. The van der Waals surface area contributed by atoms with Crippen LogP contribution in [-0.4, -0.2) is 15.2 Å². The highest BCUT2D eigenvalue weighted by atomic mass is 32.2. The Balaban J connectivity index is 0.00000102. The Bertz CT molecular complexity index is 978. The second kappa shape index (κ2) is 9.35. The van der Waals surface area contributed by atoms with Crippen LogP contribution in [-0.2, 0) is 6.54 Å². The van der Waals surface area contributed by atoms with E-state index in [1.807, 2.05) is 45.3 Å². The number of H-pyrrole nitrogens is 1. The van der Waals surface area contributed by atoms with Crippen LogP contribution >= 0.6 is 11.9 Å². The molecular formula is C22H24N4S. The van der Waals surface area contributed by atoms with Gasteiger partial charge in [0.1, 0.15) is 0 Å². The molecule has 0 amide bonds. The molecule has 138 valence electrons. The molecule has 0 bridgehead atoms. The molecule has 4 rings (SSSR count). The van der Waals surface area contributed by atoms with E-state index in [1.165, 1.54) is 27.0 Å². The van der Waals surface area contributed by atoms with Crippen LogP contribution in [0.3, 0.4) is 0 Å². The molecule has 0 unspecified atom stereocenters. The summed E-state index contributed by atoms with van der Waals surface area (Å²) < 4.78 is 3.38. The SMILES string of the molecule is CC.Cc1[nH]nc2cc(-c3ccc(SNCc4ccncc4)cc3)ccc12. The van der Waals surface area contributed by atoms with Gasteiger partial charge in [0.15, 0.2) is 0 Å². The van der Waals surface area contributed by atoms with Crippen LogP contribution in [0.5, 0.6) is 0 Å². The molecule has 0 fully saturated rings. The molecule has 2 aromatic heterocycles. The Morgan fingerprint density at radius 2 is 1.63 bits per heavy atom. The van der Waals surface area contributed by atoms with Crippen molar-refractivity contribution in [1.82, 2.24) is 19.9 Å². The van der Waals surface area contributed by atoms with Crippen molar-refractivity contribution < 1.29 is 0 Å². The lowest BCUT2D eigenvalue weighted by atomic mass is 10.0. The summed E-state index contributed by atoms with van der Waals surface area (Å²) in [5.74, 6) is 0. The Morgan fingerprint density at radius 1 is 0.926 bits per heavy atom. The predicted molar refractivity (Wildman–Crippen MR) is 115 cm³/mol. The Morgan fingerprint density at radius 3 is 2.37 bits per heavy atom. The van der Waals surface area contributed by atoms with Gasteiger partial charge in [-0.05, 0) is 65.9 Å². The van der Waals surface area contributed by atoms with Gasteiger partial charge >= 0.3 is 0 Å². The summed E-state index contributed by atoms with van der Waals surface area (Å²) in [6.45, 7) is 6.85. The highest BCUT2D eigenvalue weighted by Gasteiger charge is 2.04. The van der Waals surface area contributed by atoms with Crippen LogP contribution in [0.1, 0.15) is 25.1 Å². The van der Waals surface area contributed by atoms with Gasteiger partial charge in [-0.1, -0.05) is 38.1 Å².